The highest BCUT2D eigenvalue weighted by Crippen LogP contribution is 2.23. The number of benzene rings is 1. The van der Waals surface area contributed by atoms with Crippen LogP contribution in [0.25, 0.3) is 0 Å². The Morgan fingerprint density at radius 1 is 1.12 bits per heavy atom. The molecule has 2 aromatic rings. The summed E-state index contributed by atoms with van der Waals surface area (Å²) in [5.74, 6) is 1.50. The summed E-state index contributed by atoms with van der Waals surface area (Å²) in [5, 5.41) is 0.433. The summed E-state index contributed by atoms with van der Waals surface area (Å²) in [7, 11) is 0. The number of nitrogens with zero attached hydrogens (tertiary/aromatic N) is 1. The van der Waals surface area contributed by atoms with E-state index in [0.717, 1.165) is 12.2 Å². The number of aryl methyl sites for hydroxylation is 1. The third kappa shape index (κ3) is 2.74. The zero-order valence-electron chi connectivity index (χ0n) is 8.98. The number of aromatic nitrogens is 1. The lowest BCUT2D eigenvalue weighted by molar-refractivity contribution is 0.482. The summed E-state index contributed by atoms with van der Waals surface area (Å²) in [6.07, 6.45) is 2.65. The van der Waals surface area contributed by atoms with Gasteiger partial charge >= 0.3 is 0 Å². The Hall–Kier alpha value is -1.54. The smallest absolute Gasteiger partial charge is 0.132 e. The number of ether oxygens (including phenoxy) is 1. The summed E-state index contributed by atoms with van der Waals surface area (Å²) < 4.78 is 5.63. The molecule has 0 saturated carbocycles. The molecule has 0 N–H and O–H groups in total. The van der Waals surface area contributed by atoms with Crippen molar-refractivity contribution in [3.8, 4) is 11.5 Å². The second-order valence-electron chi connectivity index (χ2n) is 3.41. The molecule has 1 heterocycles. The molecule has 0 radical (unpaired) electrons. The number of hydrogen-bond donors (Lipinski definition) is 0. The highest BCUT2D eigenvalue weighted by molar-refractivity contribution is 6.29. The Kier molecular flexibility index (Phi) is 3.42. The van der Waals surface area contributed by atoms with Gasteiger partial charge in [0.15, 0.2) is 0 Å². The zero-order valence-corrected chi connectivity index (χ0v) is 9.74. The van der Waals surface area contributed by atoms with Gasteiger partial charge < -0.3 is 4.74 Å². The summed E-state index contributed by atoms with van der Waals surface area (Å²) in [4.78, 5) is 3.89. The van der Waals surface area contributed by atoms with Crippen LogP contribution in [0.1, 0.15) is 12.5 Å². The van der Waals surface area contributed by atoms with Crippen molar-refractivity contribution < 1.29 is 4.74 Å². The fraction of sp³-hybridized carbons (Fsp3) is 0.154. The minimum atomic E-state index is 0.433. The molecule has 0 unspecified atom stereocenters. The highest BCUT2D eigenvalue weighted by Gasteiger charge is 1.98. The largest absolute Gasteiger partial charge is 0.457 e. The molecule has 0 aliphatic carbocycles. The van der Waals surface area contributed by atoms with Crippen LogP contribution in [0, 0.1) is 0 Å². The lowest BCUT2D eigenvalue weighted by Crippen LogP contribution is -1.86. The summed E-state index contributed by atoms with van der Waals surface area (Å²) in [6, 6.07) is 11.5. The maximum Gasteiger partial charge on any atom is 0.132 e. The van der Waals surface area contributed by atoms with Gasteiger partial charge in [0.1, 0.15) is 16.7 Å². The van der Waals surface area contributed by atoms with Crippen molar-refractivity contribution in [2.45, 2.75) is 13.3 Å². The van der Waals surface area contributed by atoms with Crippen LogP contribution in [-0.4, -0.2) is 4.98 Å². The molecule has 82 valence electrons. The van der Waals surface area contributed by atoms with Crippen molar-refractivity contribution in [1.29, 1.82) is 0 Å². The molecule has 2 nitrogen and oxygen atoms in total. The molecule has 0 spiro atoms. The van der Waals surface area contributed by atoms with E-state index < -0.39 is 0 Å². The Labute approximate surface area is 99.9 Å². The lowest BCUT2D eigenvalue weighted by Gasteiger charge is -2.06. The van der Waals surface area contributed by atoms with Crippen molar-refractivity contribution in [3.63, 3.8) is 0 Å². The molecular weight excluding hydrogens is 222 g/mol. The van der Waals surface area contributed by atoms with Crippen LogP contribution in [0.15, 0.2) is 42.6 Å². The van der Waals surface area contributed by atoms with Crippen molar-refractivity contribution in [3.05, 3.63) is 53.3 Å². The van der Waals surface area contributed by atoms with Gasteiger partial charge in [-0.15, -0.1) is 0 Å². The van der Waals surface area contributed by atoms with E-state index in [2.05, 4.69) is 24.0 Å². The molecule has 0 saturated heterocycles. The molecule has 0 bridgehead atoms. The first-order chi connectivity index (χ1) is 7.78. The molecule has 0 aliphatic rings. The minimum absolute atomic E-state index is 0.433. The van der Waals surface area contributed by atoms with Crippen LogP contribution < -0.4 is 4.74 Å². The van der Waals surface area contributed by atoms with Crippen LogP contribution in [0.5, 0.6) is 11.5 Å². The van der Waals surface area contributed by atoms with E-state index in [1.807, 2.05) is 12.1 Å². The van der Waals surface area contributed by atoms with Crippen LogP contribution in [-0.2, 0) is 6.42 Å². The first-order valence-electron chi connectivity index (χ1n) is 5.16. The van der Waals surface area contributed by atoms with Crippen LogP contribution in [0.2, 0.25) is 5.15 Å². The van der Waals surface area contributed by atoms with E-state index in [1.165, 1.54) is 5.56 Å². The monoisotopic (exact) mass is 233 g/mol. The van der Waals surface area contributed by atoms with E-state index in [1.54, 1.807) is 18.3 Å². The van der Waals surface area contributed by atoms with Gasteiger partial charge in [0, 0.05) is 12.3 Å². The van der Waals surface area contributed by atoms with Gasteiger partial charge in [-0.1, -0.05) is 30.7 Å². The molecule has 1 aromatic heterocycles. The molecule has 1 aromatic carbocycles. The quantitative estimate of drug-likeness (QED) is 0.745. The average Bonchev–Trinajstić information content (AvgIpc) is 2.30. The normalized spacial score (nSPS) is 10.1. The number of halogens is 1. The first kappa shape index (κ1) is 11.0. The Balaban J connectivity index is 2.14. The molecule has 0 aliphatic heterocycles. The third-order valence-corrected chi connectivity index (χ3v) is 2.47. The van der Waals surface area contributed by atoms with E-state index in [9.17, 15) is 0 Å². The predicted molar refractivity (Wildman–Crippen MR) is 65.1 cm³/mol. The van der Waals surface area contributed by atoms with Gasteiger partial charge in [-0.05, 0) is 30.2 Å². The van der Waals surface area contributed by atoms with Gasteiger partial charge in [0.2, 0.25) is 0 Å². The molecule has 0 amide bonds. The average molecular weight is 234 g/mol. The van der Waals surface area contributed by atoms with Crippen LogP contribution in [0.3, 0.4) is 0 Å². The molecule has 3 heteroatoms. The van der Waals surface area contributed by atoms with E-state index in [4.69, 9.17) is 16.3 Å². The molecule has 2 rings (SSSR count). The van der Waals surface area contributed by atoms with Gasteiger partial charge in [-0.3, -0.25) is 0 Å². The second kappa shape index (κ2) is 4.99. The van der Waals surface area contributed by atoms with E-state index in [0.29, 0.717) is 10.9 Å². The summed E-state index contributed by atoms with van der Waals surface area (Å²) in [5.41, 5.74) is 1.29. The molecule has 0 atom stereocenters. The van der Waals surface area contributed by atoms with Gasteiger partial charge in [-0.2, -0.15) is 0 Å². The number of rotatable bonds is 3. The Morgan fingerprint density at radius 2 is 1.88 bits per heavy atom. The van der Waals surface area contributed by atoms with Crippen molar-refractivity contribution in [2.75, 3.05) is 0 Å². The van der Waals surface area contributed by atoms with Crippen molar-refractivity contribution >= 4 is 11.6 Å². The fourth-order valence-electron chi connectivity index (χ4n) is 1.38. The molecule has 0 fully saturated rings. The second-order valence-corrected chi connectivity index (χ2v) is 3.80. The first-order valence-corrected chi connectivity index (χ1v) is 5.54. The molecular formula is C13H12ClNO. The van der Waals surface area contributed by atoms with E-state index >= 15 is 0 Å². The SMILES string of the molecule is CCc1ccc(Oc2ccnc(Cl)c2)cc1. The maximum atomic E-state index is 5.77. The van der Waals surface area contributed by atoms with Gasteiger partial charge in [0.25, 0.3) is 0 Å². The maximum absolute atomic E-state index is 5.77. The molecule has 16 heavy (non-hydrogen) atoms. The number of hydrogen-bond acceptors (Lipinski definition) is 2. The Bertz CT molecular complexity index is 468. The van der Waals surface area contributed by atoms with Crippen LogP contribution >= 0.6 is 11.6 Å². The fourth-order valence-corrected chi connectivity index (χ4v) is 1.54. The van der Waals surface area contributed by atoms with Crippen molar-refractivity contribution in [2.24, 2.45) is 0 Å². The van der Waals surface area contributed by atoms with E-state index in [-0.39, 0.29) is 0 Å². The van der Waals surface area contributed by atoms with Crippen LogP contribution in [0.4, 0.5) is 0 Å². The highest BCUT2D eigenvalue weighted by atomic mass is 35.5. The minimum Gasteiger partial charge on any atom is -0.457 e. The summed E-state index contributed by atoms with van der Waals surface area (Å²) in [6.45, 7) is 2.12. The van der Waals surface area contributed by atoms with Gasteiger partial charge in [-0.25, -0.2) is 4.98 Å². The Morgan fingerprint density at radius 3 is 2.50 bits per heavy atom. The van der Waals surface area contributed by atoms with Crippen molar-refractivity contribution in [1.82, 2.24) is 4.98 Å². The zero-order chi connectivity index (χ0) is 11.4. The summed E-state index contributed by atoms with van der Waals surface area (Å²) >= 11 is 5.77. The number of pyridine rings is 1. The predicted octanol–water partition coefficient (Wildman–Crippen LogP) is 4.09. The topological polar surface area (TPSA) is 22.1 Å². The van der Waals surface area contributed by atoms with Gasteiger partial charge in [0.05, 0.1) is 0 Å². The third-order valence-electron chi connectivity index (χ3n) is 2.27. The standard InChI is InChI=1S/C13H12ClNO/c1-2-10-3-5-11(6-4-10)16-12-7-8-15-13(14)9-12/h3-9H,2H2,1H3. The lowest BCUT2D eigenvalue weighted by atomic mass is 10.2.